The molecular weight excluding hydrogens is 240 g/mol. The van der Waals surface area contributed by atoms with E-state index in [-0.39, 0.29) is 5.60 Å². The molecule has 3 saturated heterocycles. The maximum atomic E-state index is 6.00. The topological polar surface area (TPSA) is 33.7 Å². The second-order valence-corrected chi connectivity index (χ2v) is 6.95. The van der Waals surface area contributed by atoms with Crippen molar-refractivity contribution in [3.8, 4) is 0 Å². The Balaban J connectivity index is 1.42. The van der Waals surface area contributed by atoms with E-state index < -0.39 is 0 Å². The average molecular weight is 268 g/mol. The highest BCUT2D eigenvalue weighted by molar-refractivity contribution is 4.88. The number of nitrogens with one attached hydrogen (secondary N) is 1. The van der Waals surface area contributed by atoms with E-state index in [1.54, 1.807) is 0 Å². The maximum Gasteiger partial charge on any atom is 0.0827 e. The third-order valence-electron chi connectivity index (χ3n) is 4.79. The fraction of sp³-hybridized carbons (Fsp3) is 1.00. The summed E-state index contributed by atoms with van der Waals surface area (Å²) in [5, 5.41) is 3.70. The molecule has 0 aromatic carbocycles. The van der Waals surface area contributed by atoms with Crippen molar-refractivity contribution in [3.63, 3.8) is 0 Å². The predicted octanol–water partition coefficient (Wildman–Crippen LogP) is 1.40. The van der Waals surface area contributed by atoms with Gasteiger partial charge in [0.25, 0.3) is 0 Å². The fourth-order valence-corrected chi connectivity index (χ4v) is 3.71. The molecular formula is C15H28N2O2. The third kappa shape index (κ3) is 3.48. The van der Waals surface area contributed by atoms with Crippen molar-refractivity contribution in [1.82, 2.24) is 10.2 Å². The molecule has 110 valence electrons. The molecule has 19 heavy (non-hydrogen) atoms. The zero-order chi connectivity index (χ0) is 13.3. The summed E-state index contributed by atoms with van der Waals surface area (Å²) in [5.74, 6) is 0. The van der Waals surface area contributed by atoms with E-state index in [4.69, 9.17) is 9.47 Å². The lowest BCUT2D eigenvalue weighted by molar-refractivity contribution is -0.0713. The highest BCUT2D eigenvalue weighted by atomic mass is 16.5. The Bertz CT molecular complexity index is 309. The van der Waals surface area contributed by atoms with Crippen LogP contribution in [0.25, 0.3) is 0 Å². The van der Waals surface area contributed by atoms with Crippen molar-refractivity contribution in [2.24, 2.45) is 0 Å². The number of hydrogen-bond acceptors (Lipinski definition) is 4. The Labute approximate surface area is 116 Å². The van der Waals surface area contributed by atoms with Gasteiger partial charge in [0.2, 0.25) is 0 Å². The predicted molar refractivity (Wildman–Crippen MR) is 75.4 cm³/mol. The summed E-state index contributed by atoms with van der Waals surface area (Å²) in [7, 11) is 0. The lowest BCUT2D eigenvalue weighted by atomic mass is 9.94. The largest absolute Gasteiger partial charge is 0.375 e. The molecule has 0 bridgehead atoms. The number of nitrogens with zero attached hydrogens (tertiary/aromatic N) is 1. The van der Waals surface area contributed by atoms with Crippen LogP contribution in [0.1, 0.15) is 39.5 Å². The Morgan fingerprint density at radius 3 is 3.05 bits per heavy atom. The number of rotatable bonds is 3. The summed E-state index contributed by atoms with van der Waals surface area (Å²) < 4.78 is 11.8. The molecule has 3 rings (SSSR count). The first kappa shape index (κ1) is 13.8. The zero-order valence-corrected chi connectivity index (χ0v) is 12.4. The zero-order valence-electron chi connectivity index (χ0n) is 12.4. The van der Waals surface area contributed by atoms with Crippen LogP contribution in [0.4, 0.5) is 0 Å². The molecule has 4 heteroatoms. The van der Waals surface area contributed by atoms with E-state index in [0.29, 0.717) is 18.2 Å². The summed E-state index contributed by atoms with van der Waals surface area (Å²) in [6.07, 6.45) is 5.28. The summed E-state index contributed by atoms with van der Waals surface area (Å²) in [6, 6.07) is 1.29. The van der Waals surface area contributed by atoms with Crippen molar-refractivity contribution >= 4 is 0 Å². The van der Waals surface area contributed by atoms with Crippen LogP contribution < -0.4 is 5.32 Å². The van der Waals surface area contributed by atoms with Gasteiger partial charge in [-0.3, -0.25) is 4.90 Å². The average Bonchev–Trinajstić information content (AvgIpc) is 2.82. The van der Waals surface area contributed by atoms with Gasteiger partial charge in [0.15, 0.2) is 0 Å². The molecule has 4 nitrogen and oxygen atoms in total. The second-order valence-electron chi connectivity index (χ2n) is 6.95. The van der Waals surface area contributed by atoms with Gasteiger partial charge in [-0.1, -0.05) is 0 Å². The van der Waals surface area contributed by atoms with E-state index in [1.807, 2.05) is 0 Å². The number of fused-ring (bicyclic) bond motifs is 1. The number of hydrogen-bond donors (Lipinski definition) is 1. The standard InChI is InChI=1S/C15H28N2O2/c1-15(2)8-12(5-7-19-15)16-9-14-10-17-6-3-4-13(17)11-18-14/h12-14,16H,3-11H2,1-2H3. The molecule has 3 unspecified atom stereocenters. The van der Waals surface area contributed by atoms with E-state index in [1.165, 1.54) is 19.4 Å². The van der Waals surface area contributed by atoms with Gasteiger partial charge < -0.3 is 14.8 Å². The molecule has 0 amide bonds. The van der Waals surface area contributed by atoms with Gasteiger partial charge >= 0.3 is 0 Å². The van der Waals surface area contributed by atoms with Gasteiger partial charge in [0.05, 0.1) is 18.3 Å². The van der Waals surface area contributed by atoms with E-state index in [9.17, 15) is 0 Å². The summed E-state index contributed by atoms with van der Waals surface area (Å²) in [6.45, 7) is 9.57. The van der Waals surface area contributed by atoms with Gasteiger partial charge in [0, 0.05) is 31.8 Å². The van der Waals surface area contributed by atoms with E-state index in [2.05, 4.69) is 24.1 Å². The Hall–Kier alpha value is -0.160. The molecule has 1 N–H and O–H groups in total. The molecule has 0 radical (unpaired) electrons. The third-order valence-corrected chi connectivity index (χ3v) is 4.79. The van der Waals surface area contributed by atoms with Crippen LogP contribution in [0.2, 0.25) is 0 Å². The van der Waals surface area contributed by atoms with Crippen LogP contribution in [0.5, 0.6) is 0 Å². The van der Waals surface area contributed by atoms with E-state index >= 15 is 0 Å². The van der Waals surface area contributed by atoms with Crippen molar-refractivity contribution in [3.05, 3.63) is 0 Å². The monoisotopic (exact) mass is 268 g/mol. The van der Waals surface area contributed by atoms with Crippen LogP contribution in [-0.2, 0) is 9.47 Å². The Morgan fingerprint density at radius 2 is 2.21 bits per heavy atom. The SMILES string of the molecule is CC1(C)CC(NCC2CN3CCCC3CO2)CCO1. The quantitative estimate of drug-likeness (QED) is 0.839. The van der Waals surface area contributed by atoms with E-state index in [0.717, 1.165) is 39.1 Å². The minimum atomic E-state index is 0.0311. The summed E-state index contributed by atoms with van der Waals surface area (Å²) in [5.41, 5.74) is 0.0311. The lowest BCUT2D eigenvalue weighted by Gasteiger charge is -2.38. The first-order chi connectivity index (χ1) is 9.12. The molecule has 0 spiro atoms. The highest BCUT2D eigenvalue weighted by Gasteiger charge is 2.33. The van der Waals surface area contributed by atoms with Crippen LogP contribution in [0.15, 0.2) is 0 Å². The number of morpholine rings is 1. The van der Waals surface area contributed by atoms with Crippen LogP contribution in [0.3, 0.4) is 0 Å². The fourth-order valence-electron chi connectivity index (χ4n) is 3.71. The molecule has 0 aromatic heterocycles. The van der Waals surface area contributed by atoms with Gasteiger partial charge in [-0.2, -0.15) is 0 Å². The smallest absolute Gasteiger partial charge is 0.0827 e. The van der Waals surface area contributed by atoms with Crippen LogP contribution in [-0.4, -0.2) is 61.5 Å². The van der Waals surface area contributed by atoms with Gasteiger partial charge in [-0.15, -0.1) is 0 Å². The minimum absolute atomic E-state index is 0.0311. The molecule has 3 heterocycles. The molecule has 0 aromatic rings. The van der Waals surface area contributed by atoms with Crippen molar-refractivity contribution in [1.29, 1.82) is 0 Å². The van der Waals surface area contributed by atoms with Gasteiger partial charge in [-0.05, 0) is 46.1 Å². The van der Waals surface area contributed by atoms with Gasteiger partial charge in [-0.25, -0.2) is 0 Å². The maximum absolute atomic E-state index is 6.00. The molecule has 3 fully saturated rings. The van der Waals surface area contributed by atoms with Crippen LogP contribution >= 0.6 is 0 Å². The minimum Gasteiger partial charge on any atom is -0.375 e. The normalized spacial score (nSPS) is 39.2. The lowest BCUT2D eigenvalue weighted by Crippen LogP contribution is -2.52. The van der Waals surface area contributed by atoms with Crippen LogP contribution in [0, 0.1) is 0 Å². The summed E-state index contributed by atoms with van der Waals surface area (Å²) >= 11 is 0. The van der Waals surface area contributed by atoms with Crippen molar-refractivity contribution in [2.75, 3.05) is 32.8 Å². The second kappa shape index (κ2) is 5.68. The number of ether oxygens (including phenoxy) is 2. The Kier molecular flexibility index (Phi) is 4.13. The Morgan fingerprint density at radius 1 is 1.32 bits per heavy atom. The van der Waals surface area contributed by atoms with Crippen molar-refractivity contribution < 1.29 is 9.47 Å². The summed E-state index contributed by atoms with van der Waals surface area (Å²) in [4.78, 5) is 2.61. The molecule has 0 aliphatic carbocycles. The first-order valence-corrected chi connectivity index (χ1v) is 7.85. The highest BCUT2D eigenvalue weighted by Crippen LogP contribution is 2.25. The molecule has 3 atom stereocenters. The molecule has 3 aliphatic heterocycles. The molecule has 0 saturated carbocycles. The van der Waals surface area contributed by atoms with Gasteiger partial charge in [0.1, 0.15) is 0 Å². The first-order valence-electron chi connectivity index (χ1n) is 7.85. The molecule has 3 aliphatic rings. The van der Waals surface area contributed by atoms with Crippen molar-refractivity contribution in [2.45, 2.75) is 63.3 Å².